The van der Waals surface area contributed by atoms with E-state index in [0.717, 1.165) is 0 Å². The van der Waals surface area contributed by atoms with E-state index >= 15 is 0 Å². The zero-order chi connectivity index (χ0) is 21.5. The molecule has 1 atom stereocenters. The van der Waals surface area contributed by atoms with Crippen LogP contribution in [0.4, 0.5) is 5.69 Å². The zero-order valence-electron chi connectivity index (χ0n) is 16.1. The van der Waals surface area contributed by atoms with Crippen LogP contribution in [0.25, 0.3) is 0 Å². The molecule has 30 heavy (non-hydrogen) atoms. The molecule has 8 heteroatoms. The second kappa shape index (κ2) is 9.33. The first-order valence-electron chi connectivity index (χ1n) is 9.02. The summed E-state index contributed by atoms with van der Waals surface area (Å²) in [6, 6.07) is 16.0. The number of hydrogen-bond acceptors (Lipinski definition) is 6. The number of primary amides is 1. The maximum Gasteiger partial charge on any atom is 0.342 e. The molecule has 0 aliphatic rings. The Morgan fingerprint density at radius 3 is 2.40 bits per heavy atom. The highest BCUT2D eigenvalue weighted by atomic mass is 16.5. The lowest BCUT2D eigenvalue weighted by Crippen LogP contribution is -2.30. The largest absolute Gasteiger partial charge is 0.455 e. The number of hydrogen-bond donors (Lipinski definition) is 2. The first-order valence-corrected chi connectivity index (χ1v) is 9.02. The molecule has 0 saturated carbocycles. The van der Waals surface area contributed by atoms with Gasteiger partial charge in [-0.05, 0) is 55.5 Å². The molecular weight excluding hydrogens is 386 g/mol. The minimum absolute atomic E-state index is 0.173. The zero-order valence-corrected chi connectivity index (χ0v) is 16.1. The standard InChI is InChI=1S/C22H19N3O5/c1-14(21(27)25-16-10-8-15(9-11-16)20(23)26)29-22(28)18-6-2-3-7-19(18)30-17-5-4-12-24-13-17/h2-14H,1H3,(H2,23,26)(H,25,27). The van der Waals surface area contributed by atoms with Crippen LogP contribution in [0.2, 0.25) is 0 Å². The molecule has 0 spiro atoms. The normalized spacial score (nSPS) is 11.2. The summed E-state index contributed by atoms with van der Waals surface area (Å²) in [4.78, 5) is 40.0. The van der Waals surface area contributed by atoms with Gasteiger partial charge in [0.05, 0.1) is 6.20 Å². The number of benzene rings is 2. The molecule has 0 fully saturated rings. The van der Waals surface area contributed by atoms with E-state index in [2.05, 4.69) is 10.3 Å². The molecule has 0 saturated heterocycles. The van der Waals surface area contributed by atoms with Crippen molar-refractivity contribution in [2.75, 3.05) is 5.32 Å². The van der Waals surface area contributed by atoms with Crippen LogP contribution in [0.1, 0.15) is 27.6 Å². The van der Waals surface area contributed by atoms with Gasteiger partial charge in [0.25, 0.3) is 5.91 Å². The molecule has 0 aliphatic carbocycles. The van der Waals surface area contributed by atoms with E-state index in [-0.39, 0.29) is 11.3 Å². The summed E-state index contributed by atoms with van der Waals surface area (Å²) in [7, 11) is 0. The number of ether oxygens (including phenoxy) is 2. The number of aromatic nitrogens is 1. The summed E-state index contributed by atoms with van der Waals surface area (Å²) in [5.41, 5.74) is 6.12. The van der Waals surface area contributed by atoms with Crippen molar-refractivity contribution >= 4 is 23.5 Å². The molecular formula is C22H19N3O5. The van der Waals surface area contributed by atoms with Crippen LogP contribution >= 0.6 is 0 Å². The van der Waals surface area contributed by atoms with Gasteiger partial charge in [0.15, 0.2) is 6.10 Å². The molecule has 8 nitrogen and oxygen atoms in total. The molecule has 3 N–H and O–H groups in total. The molecule has 0 radical (unpaired) electrons. The molecule has 2 amide bonds. The Hall–Kier alpha value is -4.20. The van der Waals surface area contributed by atoms with Crippen LogP contribution < -0.4 is 15.8 Å². The number of carbonyl (C=O) groups excluding carboxylic acids is 3. The van der Waals surface area contributed by atoms with Crippen molar-refractivity contribution in [3.63, 3.8) is 0 Å². The maximum absolute atomic E-state index is 12.6. The van der Waals surface area contributed by atoms with Crippen molar-refractivity contribution in [1.29, 1.82) is 0 Å². The Kier molecular flexibility index (Phi) is 6.39. The molecule has 0 bridgehead atoms. The summed E-state index contributed by atoms with van der Waals surface area (Å²) in [6.45, 7) is 1.45. The lowest BCUT2D eigenvalue weighted by molar-refractivity contribution is -0.123. The van der Waals surface area contributed by atoms with E-state index in [0.29, 0.717) is 17.0 Å². The Labute approximate surface area is 172 Å². The monoisotopic (exact) mass is 405 g/mol. The van der Waals surface area contributed by atoms with Gasteiger partial charge < -0.3 is 20.5 Å². The first kappa shape index (κ1) is 20.5. The van der Waals surface area contributed by atoms with E-state index in [1.165, 1.54) is 37.4 Å². The molecule has 1 unspecified atom stereocenters. The topological polar surface area (TPSA) is 121 Å². The van der Waals surface area contributed by atoms with Crippen molar-refractivity contribution < 1.29 is 23.9 Å². The number of pyridine rings is 1. The number of rotatable bonds is 7. The Morgan fingerprint density at radius 2 is 1.73 bits per heavy atom. The fourth-order valence-corrected chi connectivity index (χ4v) is 2.50. The van der Waals surface area contributed by atoms with E-state index < -0.39 is 23.9 Å². The van der Waals surface area contributed by atoms with Gasteiger partial charge in [-0.15, -0.1) is 0 Å². The molecule has 152 valence electrons. The van der Waals surface area contributed by atoms with Crippen LogP contribution in [-0.2, 0) is 9.53 Å². The van der Waals surface area contributed by atoms with Crippen molar-refractivity contribution in [2.45, 2.75) is 13.0 Å². The highest BCUT2D eigenvalue weighted by molar-refractivity contribution is 5.99. The highest BCUT2D eigenvalue weighted by Crippen LogP contribution is 2.25. The van der Waals surface area contributed by atoms with Gasteiger partial charge in [-0.3, -0.25) is 14.6 Å². The van der Waals surface area contributed by atoms with Crippen LogP contribution in [0, 0.1) is 0 Å². The van der Waals surface area contributed by atoms with E-state index in [4.69, 9.17) is 15.2 Å². The summed E-state index contributed by atoms with van der Waals surface area (Å²) in [6.07, 6.45) is 2.05. The number of nitrogens with zero attached hydrogens (tertiary/aromatic N) is 1. The summed E-state index contributed by atoms with van der Waals surface area (Å²) in [5, 5.41) is 2.61. The van der Waals surface area contributed by atoms with Crippen LogP contribution in [0.3, 0.4) is 0 Å². The molecule has 3 rings (SSSR count). The maximum atomic E-state index is 12.6. The molecule has 1 aromatic heterocycles. The number of carbonyl (C=O) groups is 3. The smallest absolute Gasteiger partial charge is 0.342 e. The van der Waals surface area contributed by atoms with Gasteiger partial charge in [-0.1, -0.05) is 12.1 Å². The Bertz CT molecular complexity index is 1050. The van der Waals surface area contributed by atoms with E-state index in [9.17, 15) is 14.4 Å². The minimum atomic E-state index is -1.07. The second-order valence-electron chi connectivity index (χ2n) is 6.27. The van der Waals surface area contributed by atoms with Gasteiger partial charge in [0.1, 0.15) is 17.1 Å². The van der Waals surface area contributed by atoms with Crippen LogP contribution in [-0.4, -0.2) is 28.9 Å². The minimum Gasteiger partial charge on any atom is -0.455 e. The predicted octanol–water partition coefficient (Wildman–Crippen LogP) is 3.16. The van der Waals surface area contributed by atoms with E-state index in [1.807, 2.05) is 0 Å². The predicted molar refractivity (Wildman–Crippen MR) is 109 cm³/mol. The van der Waals surface area contributed by atoms with Gasteiger partial charge in [0, 0.05) is 17.4 Å². The number of nitrogens with one attached hydrogen (secondary N) is 1. The van der Waals surface area contributed by atoms with E-state index in [1.54, 1.807) is 42.6 Å². The molecule has 2 aromatic carbocycles. The second-order valence-corrected chi connectivity index (χ2v) is 6.27. The van der Waals surface area contributed by atoms with Crippen LogP contribution in [0.5, 0.6) is 11.5 Å². The van der Waals surface area contributed by atoms with Crippen molar-refractivity contribution in [3.05, 3.63) is 84.2 Å². The van der Waals surface area contributed by atoms with Crippen molar-refractivity contribution in [1.82, 2.24) is 4.98 Å². The third kappa shape index (κ3) is 5.20. The molecule has 0 aliphatic heterocycles. The fraction of sp³-hybridized carbons (Fsp3) is 0.0909. The SMILES string of the molecule is CC(OC(=O)c1ccccc1Oc1cccnc1)C(=O)Nc1ccc(C(N)=O)cc1. The number of nitrogens with two attached hydrogens (primary N) is 1. The fourth-order valence-electron chi connectivity index (χ4n) is 2.50. The third-order valence-corrected chi connectivity index (χ3v) is 4.06. The van der Waals surface area contributed by atoms with Gasteiger partial charge in [0.2, 0.25) is 5.91 Å². The molecule has 3 aromatic rings. The summed E-state index contributed by atoms with van der Waals surface area (Å²) >= 11 is 0. The third-order valence-electron chi connectivity index (χ3n) is 4.06. The Balaban J connectivity index is 1.65. The van der Waals surface area contributed by atoms with Gasteiger partial charge >= 0.3 is 5.97 Å². The Morgan fingerprint density at radius 1 is 1.00 bits per heavy atom. The highest BCUT2D eigenvalue weighted by Gasteiger charge is 2.22. The number of esters is 1. The van der Waals surface area contributed by atoms with Crippen molar-refractivity contribution in [3.8, 4) is 11.5 Å². The average molecular weight is 405 g/mol. The van der Waals surface area contributed by atoms with Crippen LogP contribution in [0.15, 0.2) is 73.1 Å². The first-order chi connectivity index (χ1) is 14.4. The summed E-state index contributed by atoms with van der Waals surface area (Å²) in [5.74, 6) is -1.06. The number of anilines is 1. The molecule has 1 heterocycles. The van der Waals surface area contributed by atoms with Gasteiger partial charge in [-0.25, -0.2) is 4.79 Å². The lowest BCUT2D eigenvalue weighted by atomic mass is 10.2. The number of para-hydroxylation sites is 1. The van der Waals surface area contributed by atoms with Crippen molar-refractivity contribution in [2.24, 2.45) is 5.73 Å². The number of amides is 2. The van der Waals surface area contributed by atoms with Gasteiger partial charge in [-0.2, -0.15) is 0 Å². The lowest BCUT2D eigenvalue weighted by Gasteiger charge is -2.15. The quantitative estimate of drug-likeness (QED) is 0.583. The summed E-state index contributed by atoms with van der Waals surface area (Å²) < 4.78 is 11.0. The average Bonchev–Trinajstić information content (AvgIpc) is 2.75.